The molecule has 0 bridgehead atoms. The number of esters is 1. The zero-order valence-corrected chi connectivity index (χ0v) is 19.8. The van der Waals surface area contributed by atoms with Gasteiger partial charge in [0, 0.05) is 6.54 Å². The Morgan fingerprint density at radius 3 is 2.36 bits per heavy atom. The van der Waals surface area contributed by atoms with Gasteiger partial charge in [-0.15, -0.1) is 0 Å². The van der Waals surface area contributed by atoms with Gasteiger partial charge in [-0.05, 0) is 71.7 Å². The molecule has 1 atom stereocenters. The molecule has 0 saturated heterocycles. The average Bonchev–Trinajstić information content (AvgIpc) is 3.50. The molecule has 1 amide bonds. The van der Waals surface area contributed by atoms with E-state index in [2.05, 4.69) is 0 Å². The molecule has 2 aliphatic rings. The van der Waals surface area contributed by atoms with Crippen molar-refractivity contribution in [2.45, 2.75) is 78.3 Å². The molecule has 9 heteroatoms. The molecule has 2 aromatic rings. The molecule has 0 spiro atoms. The van der Waals surface area contributed by atoms with Crippen LogP contribution in [0, 0.1) is 0 Å². The van der Waals surface area contributed by atoms with Gasteiger partial charge in [-0.3, -0.25) is 14.0 Å². The van der Waals surface area contributed by atoms with E-state index < -0.39 is 17.7 Å². The number of nitrogens with zero attached hydrogens (tertiary/aromatic N) is 3. The first-order valence-electron chi connectivity index (χ1n) is 11.4. The maximum Gasteiger partial charge on any atom is 0.410 e. The summed E-state index contributed by atoms with van der Waals surface area (Å²) in [6, 6.07) is 6.80. The van der Waals surface area contributed by atoms with Gasteiger partial charge in [-0.1, -0.05) is 0 Å². The Morgan fingerprint density at radius 2 is 1.79 bits per heavy atom. The molecule has 33 heavy (non-hydrogen) atoms. The third-order valence-corrected chi connectivity index (χ3v) is 5.56. The van der Waals surface area contributed by atoms with E-state index in [0.717, 1.165) is 18.6 Å². The molecule has 1 fully saturated rings. The van der Waals surface area contributed by atoms with E-state index in [9.17, 15) is 14.4 Å². The highest BCUT2D eigenvalue weighted by molar-refractivity contribution is 5.90. The molecule has 4 rings (SSSR count). The van der Waals surface area contributed by atoms with Crippen LogP contribution in [-0.2, 0) is 22.6 Å². The van der Waals surface area contributed by atoms with Gasteiger partial charge in [0.2, 0.25) is 0 Å². The van der Waals surface area contributed by atoms with Crippen LogP contribution in [0.3, 0.4) is 0 Å². The van der Waals surface area contributed by atoms with Crippen molar-refractivity contribution in [3.63, 3.8) is 0 Å². The maximum atomic E-state index is 13.4. The molecule has 0 unspecified atom stereocenters. The highest BCUT2D eigenvalue weighted by Gasteiger charge is 2.37. The fourth-order valence-corrected chi connectivity index (χ4v) is 3.88. The molecule has 1 aromatic carbocycles. The number of fused-ring (bicyclic) bond motifs is 1. The van der Waals surface area contributed by atoms with E-state index in [1.165, 1.54) is 4.57 Å². The highest BCUT2D eigenvalue weighted by atomic mass is 16.6. The van der Waals surface area contributed by atoms with Gasteiger partial charge in [-0.2, -0.15) is 0 Å². The first-order valence-corrected chi connectivity index (χ1v) is 11.4. The van der Waals surface area contributed by atoms with Crippen LogP contribution < -0.4 is 10.4 Å². The predicted octanol–water partition coefficient (Wildman–Crippen LogP) is 3.50. The minimum atomic E-state index is -0.659. The van der Waals surface area contributed by atoms with Crippen molar-refractivity contribution in [1.29, 1.82) is 0 Å². The third-order valence-electron chi connectivity index (χ3n) is 5.56. The number of imidazole rings is 1. The summed E-state index contributed by atoms with van der Waals surface area (Å²) in [5.74, 6) is 0.112. The van der Waals surface area contributed by atoms with Crippen LogP contribution >= 0.6 is 0 Å². The summed E-state index contributed by atoms with van der Waals surface area (Å²) in [6.45, 7) is 9.43. The lowest BCUT2D eigenvalue weighted by molar-refractivity contribution is 0.00925. The lowest BCUT2D eigenvalue weighted by Gasteiger charge is -2.35. The Morgan fingerprint density at radius 1 is 1.12 bits per heavy atom. The minimum Gasteiger partial charge on any atom is -0.490 e. The second kappa shape index (κ2) is 8.61. The van der Waals surface area contributed by atoms with E-state index in [4.69, 9.17) is 14.2 Å². The molecule has 1 saturated carbocycles. The van der Waals surface area contributed by atoms with Gasteiger partial charge < -0.3 is 14.2 Å². The number of carbonyl (C=O) groups is 2. The number of carbonyl (C=O) groups excluding carboxylic acids is 2. The first kappa shape index (κ1) is 22.9. The Balaban J connectivity index is 1.75. The summed E-state index contributed by atoms with van der Waals surface area (Å²) in [5, 5.41) is 0. The van der Waals surface area contributed by atoms with E-state index >= 15 is 0 Å². The fourth-order valence-electron chi connectivity index (χ4n) is 3.88. The molecule has 1 aromatic heterocycles. The van der Waals surface area contributed by atoms with Crippen molar-refractivity contribution >= 4 is 12.1 Å². The minimum absolute atomic E-state index is 0.0648. The standard InChI is InChI=1S/C24H31N3O6/c1-6-31-21(28)20-19-14-25(23(30)33-24(3,4)5)15(2)13-26(19)22(29)27(20)16-7-9-17(10-8-16)32-18-11-12-18/h7-10,15,18H,6,11-14H2,1-5H3/t15-/m0/s1. The van der Waals surface area contributed by atoms with Crippen molar-refractivity contribution in [2.75, 3.05) is 6.61 Å². The van der Waals surface area contributed by atoms with E-state index in [1.807, 2.05) is 6.92 Å². The largest absolute Gasteiger partial charge is 0.490 e. The van der Waals surface area contributed by atoms with Gasteiger partial charge in [0.05, 0.1) is 36.7 Å². The monoisotopic (exact) mass is 457 g/mol. The lowest BCUT2D eigenvalue weighted by atomic mass is 10.1. The summed E-state index contributed by atoms with van der Waals surface area (Å²) in [5.41, 5.74) is 0.0803. The van der Waals surface area contributed by atoms with E-state index in [1.54, 1.807) is 61.4 Å². The predicted molar refractivity (Wildman–Crippen MR) is 121 cm³/mol. The first-order chi connectivity index (χ1) is 15.6. The molecule has 9 nitrogen and oxygen atoms in total. The van der Waals surface area contributed by atoms with Crippen LogP contribution in [0.5, 0.6) is 5.75 Å². The number of amides is 1. The lowest BCUT2D eigenvalue weighted by Crippen LogP contribution is -2.48. The molecule has 0 N–H and O–H groups in total. The van der Waals surface area contributed by atoms with Crippen molar-refractivity contribution in [1.82, 2.24) is 14.0 Å². The third kappa shape index (κ3) is 4.77. The van der Waals surface area contributed by atoms with Gasteiger partial charge in [0.25, 0.3) is 0 Å². The van der Waals surface area contributed by atoms with Crippen molar-refractivity contribution < 1.29 is 23.8 Å². The topological polar surface area (TPSA) is 92.0 Å². The van der Waals surface area contributed by atoms with Gasteiger partial charge in [-0.25, -0.2) is 14.4 Å². The molecule has 0 radical (unpaired) electrons. The van der Waals surface area contributed by atoms with Gasteiger partial charge in [0.15, 0.2) is 5.69 Å². The van der Waals surface area contributed by atoms with Crippen LogP contribution in [0.4, 0.5) is 4.79 Å². The number of benzene rings is 1. The normalized spacial score (nSPS) is 18.0. The summed E-state index contributed by atoms with van der Waals surface area (Å²) >= 11 is 0. The fraction of sp³-hybridized carbons (Fsp3) is 0.542. The Labute approximate surface area is 192 Å². The molecule has 1 aliphatic carbocycles. The highest BCUT2D eigenvalue weighted by Crippen LogP contribution is 2.28. The second-order valence-electron chi connectivity index (χ2n) is 9.51. The Hall–Kier alpha value is -3.23. The number of ether oxygens (including phenoxy) is 3. The van der Waals surface area contributed by atoms with Crippen LogP contribution in [0.1, 0.15) is 63.6 Å². The molecule has 178 valence electrons. The number of hydrogen-bond acceptors (Lipinski definition) is 6. The van der Waals surface area contributed by atoms with Crippen LogP contribution in [-0.4, -0.2) is 50.5 Å². The van der Waals surface area contributed by atoms with Gasteiger partial charge >= 0.3 is 17.8 Å². The molecular weight excluding hydrogens is 426 g/mol. The van der Waals surface area contributed by atoms with Gasteiger partial charge in [0.1, 0.15) is 11.4 Å². The van der Waals surface area contributed by atoms with E-state index in [0.29, 0.717) is 11.4 Å². The Bertz CT molecular complexity index is 1100. The smallest absolute Gasteiger partial charge is 0.410 e. The summed E-state index contributed by atoms with van der Waals surface area (Å²) in [6.07, 6.45) is 1.87. The molecule has 2 heterocycles. The van der Waals surface area contributed by atoms with Crippen molar-refractivity contribution in [2.24, 2.45) is 0 Å². The van der Waals surface area contributed by atoms with Crippen LogP contribution in [0.25, 0.3) is 5.69 Å². The van der Waals surface area contributed by atoms with Crippen molar-refractivity contribution in [3.05, 3.63) is 46.1 Å². The second-order valence-corrected chi connectivity index (χ2v) is 9.51. The average molecular weight is 458 g/mol. The zero-order chi connectivity index (χ0) is 23.9. The van der Waals surface area contributed by atoms with E-state index in [-0.39, 0.29) is 43.2 Å². The maximum absolute atomic E-state index is 13.4. The quantitative estimate of drug-likeness (QED) is 0.638. The zero-order valence-electron chi connectivity index (χ0n) is 19.8. The van der Waals surface area contributed by atoms with Crippen LogP contribution in [0.15, 0.2) is 29.1 Å². The molecular formula is C24H31N3O6. The summed E-state index contributed by atoms with van der Waals surface area (Å²) < 4.78 is 19.5. The SMILES string of the molecule is CCOC(=O)c1c2n(c(=O)n1-c1ccc(OC3CC3)cc1)C[C@H](C)N(C(=O)OC(C)(C)C)C2. The van der Waals surface area contributed by atoms with Crippen molar-refractivity contribution in [3.8, 4) is 11.4 Å². The number of rotatable bonds is 5. The summed E-state index contributed by atoms with van der Waals surface area (Å²) in [7, 11) is 0. The van der Waals surface area contributed by atoms with Crippen LogP contribution in [0.2, 0.25) is 0 Å². The number of aromatic nitrogens is 2. The Kier molecular flexibility index (Phi) is 5.99. The molecule has 1 aliphatic heterocycles. The number of hydrogen-bond donors (Lipinski definition) is 0. The summed E-state index contributed by atoms with van der Waals surface area (Å²) in [4.78, 5) is 40.8.